The maximum atomic E-state index is 14.4. The molecule has 0 saturated carbocycles. The molecule has 1 aromatic heterocycles. The van der Waals surface area contributed by atoms with Gasteiger partial charge in [-0.25, -0.2) is 22.2 Å². The minimum atomic E-state index is -4.03. The number of sulfone groups is 1. The smallest absolute Gasteiger partial charge is 0.257 e. The molecule has 3 aromatic rings. The molecule has 0 radical (unpaired) electrons. The molecule has 0 N–H and O–H groups in total. The quantitative estimate of drug-likeness (QED) is 0.421. The predicted octanol–water partition coefficient (Wildman–Crippen LogP) is 4.37. The number of halogens is 2. The van der Waals surface area contributed by atoms with Crippen molar-refractivity contribution in [2.45, 2.75) is 62.8 Å². The van der Waals surface area contributed by atoms with Gasteiger partial charge in [0.15, 0.2) is 0 Å². The maximum Gasteiger partial charge on any atom is 0.257 e. The zero-order valence-electron chi connectivity index (χ0n) is 20.2. The van der Waals surface area contributed by atoms with Crippen LogP contribution in [0.3, 0.4) is 0 Å². The molecule has 1 atom stereocenters. The Balaban J connectivity index is 1.70. The van der Waals surface area contributed by atoms with E-state index in [2.05, 4.69) is 4.98 Å². The topological polar surface area (TPSA) is 81.5 Å². The van der Waals surface area contributed by atoms with E-state index in [1.165, 1.54) is 52.1 Å². The Bertz CT molecular complexity index is 1330. The number of carbonyl (C=O) groups excluding carboxylic acids is 1. The lowest BCUT2D eigenvalue weighted by molar-refractivity contribution is 0.0673. The van der Waals surface area contributed by atoms with Crippen LogP contribution >= 0.6 is 0 Å². The van der Waals surface area contributed by atoms with Crippen molar-refractivity contribution >= 4 is 15.7 Å². The monoisotopic (exact) mass is 517 g/mol. The van der Waals surface area contributed by atoms with Gasteiger partial charge in [0, 0.05) is 18.2 Å². The summed E-state index contributed by atoms with van der Waals surface area (Å²) in [7, 11) is -4.03. The summed E-state index contributed by atoms with van der Waals surface area (Å²) in [4.78, 5) is 18.9. The van der Waals surface area contributed by atoms with Crippen molar-refractivity contribution in [3.05, 3.63) is 83.2 Å². The first-order valence-electron chi connectivity index (χ1n) is 11.8. The van der Waals surface area contributed by atoms with Gasteiger partial charge >= 0.3 is 0 Å². The van der Waals surface area contributed by atoms with Crippen LogP contribution in [0.25, 0.3) is 0 Å². The third-order valence-corrected chi connectivity index (χ3v) is 7.79. The van der Waals surface area contributed by atoms with Gasteiger partial charge in [-0.3, -0.25) is 4.79 Å². The third-order valence-electron chi connectivity index (χ3n) is 6.21. The summed E-state index contributed by atoms with van der Waals surface area (Å²) < 4.78 is 62.6. The van der Waals surface area contributed by atoms with Gasteiger partial charge in [0.25, 0.3) is 5.91 Å². The van der Waals surface area contributed by atoms with Crippen molar-refractivity contribution in [3.8, 4) is 0 Å². The molecular weight excluding hydrogens is 488 g/mol. The minimum absolute atomic E-state index is 0.0137. The Hall–Kier alpha value is -3.11. The lowest BCUT2D eigenvalue weighted by Gasteiger charge is -2.28. The van der Waals surface area contributed by atoms with Crippen LogP contribution in [0.2, 0.25) is 0 Å². The summed E-state index contributed by atoms with van der Waals surface area (Å²) in [5, 5.41) is -0.210. The molecule has 0 spiro atoms. The van der Waals surface area contributed by atoms with Gasteiger partial charge in [0.2, 0.25) is 15.0 Å². The van der Waals surface area contributed by atoms with E-state index in [0.717, 1.165) is 12.8 Å². The van der Waals surface area contributed by atoms with Crippen LogP contribution in [-0.4, -0.2) is 47.5 Å². The van der Waals surface area contributed by atoms with Gasteiger partial charge in [0.1, 0.15) is 11.6 Å². The first-order chi connectivity index (χ1) is 17.2. The van der Waals surface area contributed by atoms with E-state index in [1.54, 1.807) is 26.0 Å². The molecule has 1 fully saturated rings. The summed E-state index contributed by atoms with van der Waals surface area (Å²) in [6.07, 6.45) is 2.81. The first kappa shape index (κ1) is 26.0. The number of rotatable bonds is 9. The SMILES string of the molecule is CC(C)N(Cc1cnc(S(=O)(=O)Cc2ccccc2F)n1C[C@H]1CCCO1)C(=O)c1ccccc1F. The number of hydrogen-bond acceptors (Lipinski definition) is 5. The van der Waals surface area contributed by atoms with Gasteiger partial charge in [-0.15, -0.1) is 0 Å². The van der Waals surface area contributed by atoms with Crippen molar-refractivity contribution in [2.24, 2.45) is 0 Å². The molecule has 2 aromatic carbocycles. The van der Waals surface area contributed by atoms with Crippen LogP contribution in [-0.2, 0) is 33.4 Å². The molecule has 1 saturated heterocycles. The summed E-state index contributed by atoms with van der Waals surface area (Å²) in [6, 6.07) is 11.1. The highest BCUT2D eigenvalue weighted by Gasteiger charge is 2.30. The number of benzene rings is 2. The van der Waals surface area contributed by atoms with Crippen molar-refractivity contribution in [3.63, 3.8) is 0 Å². The Morgan fingerprint density at radius 3 is 2.47 bits per heavy atom. The van der Waals surface area contributed by atoms with Crippen LogP contribution in [0, 0.1) is 11.6 Å². The average Bonchev–Trinajstić information content (AvgIpc) is 3.49. The van der Waals surface area contributed by atoms with E-state index in [-0.39, 0.29) is 41.5 Å². The van der Waals surface area contributed by atoms with Crippen molar-refractivity contribution in [1.82, 2.24) is 14.5 Å². The van der Waals surface area contributed by atoms with Gasteiger partial charge in [0.05, 0.1) is 42.4 Å². The van der Waals surface area contributed by atoms with Crippen molar-refractivity contribution < 1.29 is 26.7 Å². The summed E-state index contributed by atoms with van der Waals surface area (Å²) in [5.74, 6) is -2.30. The second-order valence-corrected chi connectivity index (χ2v) is 11.0. The van der Waals surface area contributed by atoms with Crippen molar-refractivity contribution in [1.29, 1.82) is 0 Å². The molecule has 7 nitrogen and oxygen atoms in total. The van der Waals surface area contributed by atoms with Gasteiger partial charge in [-0.05, 0) is 44.9 Å². The van der Waals surface area contributed by atoms with Crippen molar-refractivity contribution in [2.75, 3.05) is 6.61 Å². The summed E-state index contributed by atoms with van der Waals surface area (Å²) in [6.45, 7) is 4.42. The fraction of sp³-hybridized carbons (Fsp3) is 0.385. The number of carbonyl (C=O) groups is 1. The molecule has 1 amide bonds. The number of amides is 1. The van der Waals surface area contributed by atoms with E-state index >= 15 is 0 Å². The average molecular weight is 518 g/mol. The Labute approximate surface area is 209 Å². The lowest BCUT2D eigenvalue weighted by Crippen LogP contribution is -2.38. The predicted molar refractivity (Wildman–Crippen MR) is 130 cm³/mol. The van der Waals surface area contributed by atoms with E-state index in [0.29, 0.717) is 12.3 Å². The molecule has 2 heterocycles. The van der Waals surface area contributed by atoms with E-state index in [9.17, 15) is 22.0 Å². The fourth-order valence-electron chi connectivity index (χ4n) is 4.29. The van der Waals surface area contributed by atoms with Crippen LogP contribution in [0.5, 0.6) is 0 Å². The van der Waals surface area contributed by atoms with E-state index in [4.69, 9.17) is 4.74 Å². The molecule has 10 heteroatoms. The van der Waals surface area contributed by atoms with E-state index < -0.39 is 33.1 Å². The maximum absolute atomic E-state index is 14.4. The zero-order chi connectivity index (χ0) is 25.9. The standard InChI is InChI=1S/C26H29F2N3O4S/c1-18(2)30(25(32)22-10-4-6-12-24(22)28)15-20-14-29-26(31(20)16-21-9-7-13-35-21)36(33,34)17-19-8-3-5-11-23(19)27/h3-6,8,10-12,14,18,21H,7,9,13,15-17H2,1-2H3/t21-/m1/s1. The second kappa shape index (κ2) is 10.9. The number of nitrogens with zero attached hydrogens (tertiary/aromatic N) is 3. The second-order valence-electron chi connectivity index (χ2n) is 9.13. The highest BCUT2D eigenvalue weighted by Crippen LogP contribution is 2.24. The minimum Gasteiger partial charge on any atom is -0.376 e. The molecular formula is C26H29F2N3O4S. The molecule has 4 rings (SSSR count). The molecule has 1 aliphatic rings. The number of ether oxygens (including phenoxy) is 1. The van der Waals surface area contributed by atoms with E-state index in [1.807, 2.05) is 0 Å². The highest BCUT2D eigenvalue weighted by molar-refractivity contribution is 7.90. The molecule has 0 bridgehead atoms. The van der Waals surface area contributed by atoms with Crippen LogP contribution in [0.1, 0.15) is 48.3 Å². The van der Waals surface area contributed by atoms with Crippen LogP contribution in [0.15, 0.2) is 59.9 Å². The highest BCUT2D eigenvalue weighted by atomic mass is 32.2. The molecule has 1 aliphatic heterocycles. The fourth-order valence-corrected chi connectivity index (χ4v) is 5.80. The molecule has 36 heavy (non-hydrogen) atoms. The largest absolute Gasteiger partial charge is 0.376 e. The lowest BCUT2D eigenvalue weighted by atomic mass is 10.1. The number of imidazole rings is 1. The number of hydrogen-bond donors (Lipinski definition) is 0. The first-order valence-corrected chi connectivity index (χ1v) is 13.5. The Morgan fingerprint density at radius 2 is 1.83 bits per heavy atom. The van der Waals surface area contributed by atoms with Gasteiger partial charge in [-0.2, -0.15) is 0 Å². The number of aromatic nitrogens is 2. The molecule has 192 valence electrons. The summed E-state index contributed by atoms with van der Waals surface area (Å²) in [5.41, 5.74) is 0.448. The zero-order valence-corrected chi connectivity index (χ0v) is 21.0. The summed E-state index contributed by atoms with van der Waals surface area (Å²) >= 11 is 0. The Morgan fingerprint density at radius 1 is 1.14 bits per heavy atom. The van der Waals surface area contributed by atoms with Crippen LogP contribution in [0.4, 0.5) is 8.78 Å². The third kappa shape index (κ3) is 5.65. The molecule has 0 unspecified atom stereocenters. The molecule has 0 aliphatic carbocycles. The van der Waals surface area contributed by atoms with Gasteiger partial charge in [-0.1, -0.05) is 30.3 Å². The Kier molecular flexibility index (Phi) is 7.85. The van der Waals surface area contributed by atoms with Crippen LogP contribution < -0.4 is 0 Å². The van der Waals surface area contributed by atoms with Gasteiger partial charge < -0.3 is 14.2 Å². The normalized spacial score (nSPS) is 16.0.